The Balaban J connectivity index is 2.66. The first-order valence-electron chi connectivity index (χ1n) is 5.50. The van der Waals surface area contributed by atoms with Crippen LogP contribution in [0.5, 0.6) is 0 Å². The molecular weight excluding hydrogens is 320 g/mol. The molecule has 2 aromatic rings. The summed E-state index contributed by atoms with van der Waals surface area (Å²) in [6.07, 6.45) is -8.46. The summed E-state index contributed by atoms with van der Waals surface area (Å²) in [5.74, 6) is 0. The van der Waals surface area contributed by atoms with Crippen molar-refractivity contribution in [2.24, 2.45) is 0 Å². The Bertz CT molecular complexity index is 662. The largest absolute Gasteiger partial charge is 0.419 e. The van der Waals surface area contributed by atoms with Crippen molar-refractivity contribution in [3.8, 4) is 11.1 Å². The summed E-state index contributed by atoms with van der Waals surface area (Å²) in [6.45, 7) is 0. The molecule has 1 heterocycles. The fourth-order valence-electron chi connectivity index (χ4n) is 1.81. The van der Waals surface area contributed by atoms with Gasteiger partial charge in [-0.2, -0.15) is 26.3 Å². The molecule has 0 saturated carbocycles. The monoisotopic (exact) mass is 325 g/mol. The number of alkyl halides is 6. The number of hydrogen-bond acceptors (Lipinski definition) is 1. The SMILES string of the molecule is FC(F)(F)c1cccc(-c2ccnc(Cl)c2C(F)(F)F)c1. The van der Waals surface area contributed by atoms with Crippen LogP contribution in [0.15, 0.2) is 36.5 Å². The van der Waals surface area contributed by atoms with Crippen molar-refractivity contribution < 1.29 is 26.3 Å². The number of rotatable bonds is 1. The lowest BCUT2D eigenvalue weighted by Gasteiger charge is -2.15. The number of pyridine rings is 1. The minimum absolute atomic E-state index is 0.235. The standard InChI is InChI=1S/C13H6ClF6N/c14-11-10(13(18,19)20)9(4-5-21-11)7-2-1-3-8(6-7)12(15,16)17/h1-6H. The summed E-state index contributed by atoms with van der Waals surface area (Å²) in [7, 11) is 0. The van der Waals surface area contributed by atoms with Crippen molar-refractivity contribution in [1.29, 1.82) is 0 Å². The Hall–Kier alpha value is -1.76. The lowest BCUT2D eigenvalue weighted by Crippen LogP contribution is -2.10. The number of aromatic nitrogens is 1. The van der Waals surface area contributed by atoms with Crippen molar-refractivity contribution in [2.45, 2.75) is 12.4 Å². The van der Waals surface area contributed by atoms with Gasteiger partial charge in [0.25, 0.3) is 0 Å². The Morgan fingerprint density at radius 3 is 2.14 bits per heavy atom. The minimum Gasteiger partial charge on any atom is -0.244 e. The smallest absolute Gasteiger partial charge is 0.244 e. The summed E-state index contributed by atoms with van der Waals surface area (Å²) < 4.78 is 76.9. The average molecular weight is 326 g/mol. The second-order valence-corrected chi connectivity index (χ2v) is 4.46. The summed E-state index contributed by atoms with van der Waals surface area (Å²) in [5.41, 5.74) is -2.98. The molecule has 0 saturated heterocycles. The number of halogens is 7. The van der Waals surface area contributed by atoms with Crippen LogP contribution >= 0.6 is 11.6 Å². The van der Waals surface area contributed by atoms with Crippen LogP contribution in [0.4, 0.5) is 26.3 Å². The van der Waals surface area contributed by atoms with E-state index in [1.165, 1.54) is 0 Å². The third-order valence-electron chi connectivity index (χ3n) is 2.69. The summed E-state index contributed by atoms with van der Waals surface area (Å²) >= 11 is 5.44. The van der Waals surface area contributed by atoms with Gasteiger partial charge < -0.3 is 0 Å². The van der Waals surface area contributed by atoms with E-state index in [0.29, 0.717) is 6.07 Å². The quantitative estimate of drug-likeness (QED) is 0.502. The highest BCUT2D eigenvalue weighted by molar-refractivity contribution is 6.30. The first-order chi connectivity index (χ1) is 9.60. The van der Waals surface area contributed by atoms with Gasteiger partial charge in [-0.05, 0) is 29.3 Å². The molecule has 1 aromatic heterocycles. The van der Waals surface area contributed by atoms with Crippen LogP contribution in [-0.4, -0.2) is 4.98 Å². The maximum Gasteiger partial charge on any atom is 0.419 e. The number of nitrogens with zero attached hydrogens (tertiary/aromatic N) is 1. The number of benzene rings is 1. The molecule has 0 spiro atoms. The van der Waals surface area contributed by atoms with Crippen molar-refractivity contribution in [1.82, 2.24) is 4.98 Å². The average Bonchev–Trinajstić information content (AvgIpc) is 2.36. The van der Waals surface area contributed by atoms with E-state index in [1.54, 1.807) is 0 Å². The van der Waals surface area contributed by atoms with E-state index < -0.39 is 34.2 Å². The van der Waals surface area contributed by atoms with Crippen LogP contribution in [0.1, 0.15) is 11.1 Å². The zero-order valence-electron chi connectivity index (χ0n) is 10.1. The first-order valence-corrected chi connectivity index (χ1v) is 5.88. The highest BCUT2D eigenvalue weighted by atomic mass is 35.5. The van der Waals surface area contributed by atoms with Crippen LogP contribution in [0, 0.1) is 0 Å². The second-order valence-electron chi connectivity index (χ2n) is 4.10. The van der Waals surface area contributed by atoms with Gasteiger partial charge in [-0.25, -0.2) is 4.98 Å². The van der Waals surface area contributed by atoms with Gasteiger partial charge in [0.1, 0.15) is 10.7 Å². The number of hydrogen-bond donors (Lipinski definition) is 0. The Labute approximate surface area is 120 Å². The highest BCUT2D eigenvalue weighted by Gasteiger charge is 2.37. The van der Waals surface area contributed by atoms with E-state index >= 15 is 0 Å². The summed E-state index contributed by atoms with van der Waals surface area (Å²) in [4.78, 5) is 3.33. The molecule has 0 bridgehead atoms. The summed E-state index contributed by atoms with van der Waals surface area (Å²) in [5, 5.41) is -0.808. The lowest BCUT2D eigenvalue weighted by atomic mass is 9.99. The lowest BCUT2D eigenvalue weighted by molar-refractivity contribution is -0.137. The van der Waals surface area contributed by atoms with Crippen LogP contribution < -0.4 is 0 Å². The summed E-state index contributed by atoms with van der Waals surface area (Å²) in [6, 6.07) is 4.58. The molecule has 21 heavy (non-hydrogen) atoms. The van der Waals surface area contributed by atoms with Crippen molar-refractivity contribution in [3.05, 3.63) is 52.8 Å². The maximum atomic E-state index is 13.0. The van der Waals surface area contributed by atoms with Gasteiger partial charge in [0.15, 0.2) is 0 Å². The van der Waals surface area contributed by atoms with Gasteiger partial charge in [-0.3, -0.25) is 0 Å². The topological polar surface area (TPSA) is 12.9 Å². The van der Waals surface area contributed by atoms with E-state index in [2.05, 4.69) is 4.98 Å². The molecule has 0 aliphatic carbocycles. The normalized spacial score (nSPS) is 12.5. The predicted octanol–water partition coefficient (Wildman–Crippen LogP) is 5.44. The third kappa shape index (κ3) is 3.29. The van der Waals surface area contributed by atoms with E-state index in [9.17, 15) is 26.3 Å². The second kappa shape index (κ2) is 5.22. The van der Waals surface area contributed by atoms with Crippen LogP contribution in [0.2, 0.25) is 5.15 Å². The zero-order valence-corrected chi connectivity index (χ0v) is 10.8. The Morgan fingerprint density at radius 1 is 0.905 bits per heavy atom. The molecule has 0 aliphatic rings. The minimum atomic E-state index is -4.82. The van der Waals surface area contributed by atoms with Gasteiger partial charge >= 0.3 is 12.4 Å². The van der Waals surface area contributed by atoms with Gasteiger partial charge in [-0.15, -0.1) is 0 Å². The zero-order chi connectivity index (χ0) is 15.8. The molecule has 0 amide bonds. The maximum absolute atomic E-state index is 13.0. The third-order valence-corrected chi connectivity index (χ3v) is 2.98. The highest BCUT2D eigenvalue weighted by Crippen LogP contribution is 2.41. The molecule has 112 valence electrons. The van der Waals surface area contributed by atoms with Crippen molar-refractivity contribution in [3.63, 3.8) is 0 Å². The molecule has 2 rings (SSSR count). The molecule has 0 atom stereocenters. The first kappa shape index (κ1) is 15.6. The van der Waals surface area contributed by atoms with E-state index in [4.69, 9.17) is 11.6 Å². The van der Waals surface area contributed by atoms with Crippen LogP contribution in [0.25, 0.3) is 11.1 Å². The molecule has 0 fully saturated rings. The van der Waals surface area contributed by atoms with Gasteiger partial charge in [0.05, 0.1) is 5.56 Å². The fourth-order valence-corrected chi connectivity index (χ4v) is 2.07. The predicted molar refractivity (Wildman–Crippen MR) is 64.7 cm³/mol. The fraction of sp³-hybridized carbons (Fsp3) is 0.154. The van der Waals surface area contributed by atoms with E-state index in [0.717, 1.165) is 30.5 Å². The molecular formula is C13H6ClF6N. The molecule has 0 N–H and O–H groups in total. The molecule has 1 aromatic carbocycles. The molecule has 0 aliphatic heterocycles. The van der Waals surface area contributed by atoms with Crippen LogP contribution in [-0.2, 0) is 12.4 Å². The van der Waals surface area contributed by atoms with E-state index in [1.807, 2.05) is 0 Å². The van der Waals surface area contributed by atoms with Crippen molar-refractivity contribution in [2.75, 3.05) is 0 Å². The van der Waals surface area contributed by atoms with E-state index in [-0.39, 0.29) is 5.56 Å². The molecule has 8 heteroatoms. The molecule has 0 radical (unpaired) electrons. The van der Waals surface area contributed by atoms with Crippen molar-refractivity contribution >= 4 is 11.6 Å². The van der Waals surface area contributed by atoms with Gasteiger partial charge in [0.2, 0.25) is 0 Å². The Morgan fingerprint density at radius 2 is 1.57 bits per heavy atom. The van der Waals surface area contributed by atoms with Gasteiger partial charge in [0, 0.05) is 6.20 Å². The Kier molecular flexibility index (Phi) is 3.88. The molecule has 1 nitrogen and oxygen atoms in total. The molecule has 0 unspecified atom stereocenters. The van der Waals surface area contributed by atoms with Gasteiger partial charge in [-0.1, -0.05) is 23.7 Å². The van der Waals surface area contributed by atoms with Crippen LogP contribution in [0.3, 0.4) is 0 Å².